The molecule has 5 rings (SSSR count). The molecule has 27 heavy (non-hydrogen) atoms. The average Bonchev–Trinajstić information content (AvgIpc) is 3.40. The van der Waals surface area contributed by atoms with Crippen LogP contribution in [-0.2, 0) is 19.5 Å². The van der Waals surface area contributed by atoms with Crippen LogP contribution in [0.25, 0.3) is 22.4 Å². The Kier molecular flexibility index (Phi) is 4.02. The lowest BCUT2D eigenvalue weighted by Gasteiger charge is -2.01. The van der Waals surface area contributed by atoms with E-state index in [0.29, 0.717) is 13.1 Å². The quantitative estimate of drug-likeness (QED) is 0.575. The maximum atomic E-state index is 9.05. The van der Waals surface area contributed by atoms with Gasteiger partial charge < -0.3 is 5.11 Å². The lowest BCUT2D eigenvalue weighted by molar-refractivity contribution is 0.269. The maximum absolute atomic E-state index is 9.05. The first kappa shape index (κ1) is 16.3. The predicted octanol–water partition coefficient (Wildman–Crippen LogP) is 2.44. The standard InChI is InChI=1S/C18H17N7OS/c26-7-6-24-10-12(9-20-24)14-3-4-15-18(21-14)25(23-22-15)11-13-8-16-17(27-13)2-1-5-19-16/h3-5,8-10,26H,1-2,6-7,11H2. The van der Waals surface area contributed by atoms with Gasteiger partial charge in [0, 0.05) is 27.7 Å². The zero-order valence-corrected chi connectivity index (χ0v) is 15.3. The van der Waals surface area contributed by atoms with Crippen molar-refractivity contribution in [3.8, 4) is 11.3 Å². The van der Waals surface area contributed by atoms with Crippen LogP contribution in [0.1, 0.15) is 16.2 Å². The van der Waals surface area contributed by atoms with Crippen LogP contribution < -0.4 is 0 Å². The summed E-state index contributed by atoms with van der Waals surface area (Å²) in [5.74, 6) is 0. The molecule has 1 N–H and O–H groups in total. The minimum absolute atomic E-state index is 0.0547. The lowest BCUT2D eigenvalue weighted by Crippen LogP contribution is -2.02. The Bertz CT molecular complexity index is 1140. The van der Waals surface area contributed by atoms with Crippen LogP contribution in [0.3, 0.4) is 0 Å². The second-order valence-electron chi connectivity index (χ2n) is 6.37. The van der Waals surface area contributed by atoms with Crippen molar-refractivity contribution in [3.05, 3.63) is 40.3 Å². The molecule has 0 radical (unpaired) electrons. The highest BCUT2D eigenvalue weighted by atomic mass is 32.1. The van der Waals surface area contributed by atoms with Crippen LogP contribution in [0, 0.1) is 0 Å². The third kappa shape index (κ3) is 3.04. The molecular weight excluding hydrogens is 362 g/mol. The second-order valence-corrected chi connectivity index (χ2v) is 7.59. The van der Waals surface area contributed by atoms with Crippen LogP contribution in [0.5, 0.6) is 0 Å². The summed E-state index contributed by atoms with van der Waals surface area (Å²) >= 11 is 1.78. The number of aromatic nitrogens is 6. The zero-order valence-electron chi connectivity index (χ0n) is 14.5. The fourth-order valence-corrected chi connectivity index (χ4v) is 4.30. The van der Waals surface area contributed by atoms with E-state index in [1.165, 1.54) is 9.75 Å². The van der Waals surface area contributed by atoms with Gasteiger partial charge >= 0.3 is 0 Å². The molecule has 136 valence electrons. The summed E-state index contributed by atoms with van der Waals surface area (Å²) in [5, 5.41) is 21.8. The van der Waals surface area contributed by atoms with Gasteiger partial charge in [0.05, 0.1) is 37.3 Å². The molecule has 0 spiro atoms. The van der Waals surface area contributed by atoms with Gasteiger partial charge in [0.15, 0.2) is 5.65 Å². The van der Waals surface area contributed by atoms with Gasteiger partial charge in [-0.25, -0.2) is 9.67 Å². The number of pyridine rings is 1. The number of hydrogen-bond donors (Lipinski definition) is 1. The summed E-state index contributed by atoms with van der Waals surface area (Å²) in [6.07, 6.45) is 7.68. The average molecular weight is 379 g/mol. The molecule has 5 heterocycles. The van der Waals surface area contributed by atoms with Gasteiger partial charge in [0.25, 0.3) is 0 Å². The number of rotatable bonds is 5. The molecule has 1 aliphatic rings. The van der Waals surface area contributed by atoms with E-state index in [2.05, 4.69) is 26.5 Å². The van der Waals surface area contributed by atoms with Crippen molar-refractivity contribution in [1.82, 2.24) is 29.8 Å². The van der Waals surface area contributed by atoms with Gasteiger partial charge in [-0.2, -0.15) is 5.10 Å². The van der Waals surface area contributed by atoms with Crippen molar-refractivity contribution in [1.29, 1.82) is 0 Å². The summed E-state index contributed by atoms with van der Waals surface area (Å²) in [5.41, 5.74) is 4.30. The maximum Gasteiger partial charge on any atom is 0.179 e. The minimum Gasteiger partial charge on any atom is -0.394 e. The van der Waals surface area contributed by atoms with Crippen molar-refractivity contribution in [2.75, 3.05) is 6.61 Å². The van der Waals surface area contributed by atoms with Crippen LogP contribution in [0.4, 0.5) is 5.69 Å². The molecule has 9 heteroatoms. The molecule has 0 aliphatic carbocycles. The van der Waals surface area contributed by atoms with Crippen molar-refractivity contribution >= 4 is 34.4 Å². The van der Waals surface area contributed by atoms with Crippen LogP contribution in [0.2, 0.25) is 0 Å². The first-order valence-corrected chi connectivity index (χ1v) is 9.60. The van der Waals surface area contributed by atoms with Gasteiger partial charge in [0.2, 0.25) is 0 Å². The summed E-state index contributed by atoms with van der Waals surface area (Å²) in [4.78, 5) is 11.8. The molecule has 8 nitrogen and oxygen atoms in total. The van der Waals surface area contributed by atoms with Gasteiger partial charge in [-0.15, -0.1) is 16.4 Å². The van der Waals surface area contributed by atoms with Crippen molar-refractivity contribution < 1.29 is 5.11 Å². The molecule has 0 bridgehead atoms. The number of aliphatic imine (C=N–C) groups is 1. The van der Waals surface area contributed by atoms with E-state index >= 15 is 0 Å². The van der Waals surface area contributed by atoms with Crippen LogP contribution in [-0.4, -0.2) is 47.7 Å². The first-order valence-electron chi connectivity index (χ1n) is 8.78. The number of aryl methyl sites for hydroxylation is 1. The van der Waals surface area contributed by atoms with Gasteiger partial charge in [0.1, 0.15) is 5.52 Å². The second kappa shape index (κ2) is 6.67. The minimum atomic E-state index is 0.0547. The van der Waals surface area contributed by atoms with E-state index in [1.807, 2.05) is 29.2 Å². The Morgan fingerprint density at radius 3 is 3.11 bits per heavy atom. The summed E-state index contributed by atoms with van der Waals surface area (Å²) in [6.45, 7) is 1.15. The van der Waals surface area contributed by atoms with E-state index in [9.17, 15) is 0 Å². The number of fused-ring (bicyclic) bond motifs is 2. The molecule has 0 fully saturated rings. The molecule has 4 aromatic rings. The van der Waals surface area contributed by atoms with Crippen molar-refractivity contribution in [2.24, 2.45) is 4.99 Å². The lowest BCUT2D eigenvalue weighted by atomic mass is 10.2. The summed E-state index contributed by atoms with van der Waals surface area (Å²) < 4.78 is 3.53. The highest BCUT2D eigenvalue weighted by Crippen LogP contribution is 2.33. The molecule has 0 saturated heterocycles. The molecule has 0 aromatic carbocycles. The number of nitrogens with zero attached hydrogens (tertiary/aromatic N) is 7. The Balaban J connectivity index is 1.47. The molecule has 0 unspecified atom stereocenters. The number of thiophene rings is 1. The van der Waals surface area contributed by atoms with E-state index in [4.69, 9.17) is 10.1 Å². The topological polar surface area (TPSA) is 94.0 Å². The van der Waals surface area contributed by atoms with Crippen LogP contribution in [0.15, 0.2) is 35.6 Å². The Morgan fingerprint density at radius 2 is 2.22 bits per heavy atom. The van der Waals surface area contributed by atoms with Crippen LogP contribution >= 0.6 is 11.3 Å². The summed E-state index contributed by atoms with van der Waals surface area (Å²) in [6, 6.07) is 5.97. The number of aliphatic hydroxyl groups is 1. The summed E-state index contributed by atoms with van der Waals surface area (Å²) in [7, 11) is 0. The Labute approximate surface area is 158 Å². The third-order valence-corrected chi connectivity index (χ3v) is 5.66. The van der Waals surface area contributed by atoms with Gasteiger partial charge in [-0.3, -0.25) is 9.67 Å². The van der Waals surface area contributed by atoms with Gasteiger partial charge in [-0.1, -0.05) is 5.21 Å². The first-order chi connectivity index (χ1) is 13.3. The fraction of sp³-hybridized carbons (Fsp3) is 0.278. The van der Waals surface area contributed by atoms with E-state index in [1.54, 1.807) is 22.2 Å². The number of aliphatic hydroxyl groups excluding tert-OH is 1. The van der Waals surface area contributed by atoms with E-state index in [0.717, 1.165) is 41.0 Å². The van der Waals surface area contributed by atoms with Crippen molar-refractivity contribution in [2.45, 2.75) is 25.9 Å². The molecule has 0 saturated carbocycles. The number of hydrogen-bond acceptors (Lipinski definition) is 7. The predicted molar refractivity (Wildman–Crippen MR) is 104 cm³/mol. The van der Waals surface area contributed by atoms with E-state index in [-0.39, 0.29) is 6.61 Å². The smallest absolute Gasteiger partial charge is 0.179 e. The SMILES string of the molecule is OCCn1cc(-c2ccc3nnn(Cc4cc5c(s4)CCC=N5)c3n2)cn1. The highest BCUT2D eigenvalue weighted by Gasteiger charge is 2.14. The molecule has 4 aromatic heterocycles. The highest BCUT2D eigenvalue weighted by molar-refractivity contribution is 7.12. The molecule has 0 atom stereocenters. The Morgan fingerprint density at radius 1 is 1.26 bits per heavy atom. The molecular formula is C18H17N7OS. The zero-order chi connectivity index (χ0) is 18.2. The molecule has 1 aliphatic heterocycles. The van der Waals surface area contributed by atoms with Crippen molar-refractivity contribution in [3.63, 3.8) is 0 Å². The third-order valence-electron chi connectivity index (χ3n) is 4.49. The van der Waals surface area contributed by atoms with E-state index < -0.39 is 0 Å². The fourth-order valence-electron chi connectivity index (χ4n) is 3.19. The largest absolute Gasteiger partial charge is 0.394 e. The Hall–Kier alpha value is -2.91. The monoisotopic (exact) mass is 379 g/mol. The molecule has 0 amide bonds. The normalized spacial score (nSPS) is 13.4. The van der Waals surface area contributed by atoms with Gasteiger partial charge in [-0.05, 0) is 31.0 Å².